The van der Waals surface area contributed by atoms with Crippen LogP contribution in [0.2, 0.25) is 0 Å². The first-order valence-electron chi connectivity index (χ1n) is 5.55. The molecule has 1 saturated heterocycles. The summed E-state index contributed by atoms with van der Waals surface area (Å²) in [6.07, 6.45) is 3.03. The molecule has 2 atom stereocenters. The van der Waals surface area contributed by atoms with Crippen LogP contribution in [0.15, 0.2) is 29.8 Å². The molecule has 0 aliphatic carbocycles. The quantitative estimate of drug-likeness (QED) is 0.416. The fourth-order valence-electron chi connectivity index (χ4n) is 1.65. The number of guanidine groups is 1. The topological polar surface area (TPSA) is 59.6 Å². The van der Waals surface area contributed by atoms with Crippen LogP contribution in [0.1, 0.15) is 13.3 Å². The van der Waals surface area contributed by atoms with Crippen molar-refractivity contribution >= 4 is 5.96 Å². The molecule has 90 valence electrons. The van der Waals surface area contributed by atoms with Crippen molar-refractivity contribution < 1.29 is 4.74 Å². The van der Waals surface area contributed by atoms with Crippen molar-refractivity contribution in [2.75, 3.05) is 19.7 Å². The second-order valence-corrected chi connectivity index (χ2v) is 4.16. The fraction of sp³-hybridized carbons (Fsp3) is 0.583. The van der Waals surface area contributed by atoms with Crippen molar-refractivity contribution in [1.29, 1.82) is 0 Å². The van der Waals surface area contributed by atoms with Crippen LogP contribution in [0.25, 0.3) is 0 Å². The van der Waals surface area contributed by atoms with Crippen LogP contribution in [0.3, 0.4) is 0 Å². The van der Waals surface area contributed by atoms with Crippen LogP contribution in [-0.4, -0.2) is 31.8 Å². The lowest BCUT2D eigenvalue weighted by atomic mass is 10.0. The minimum absolute atomic E-state index is 0.140. The molecular weight excluding hydrogens is 202 g/mol. The zero-order valence-corrected chi connectivity index (χ0v) is 9.91. The lowest BCUT2D eigenvalue weighted by molar-refractivity contribution is 0.128. The van der Waals surface area contributed by atoms with Gasteiger partial charge >= 0.3 is 0 Å². The van der Waals surface area contributed by atoms with E-state index >= 15 is 0 Å². The van der Waals surface area contributed by atoms with Gasteiger partial charge in [0.05, 0.1) is 12.6 Å². The normalized spacial score (nSPS) is 25.4. The van der Waals surface area contributed by atoms with E-state index in [1.807, 2.05) is 13.0 Å². The molecule has 1 fully saturated rings. The molecule has 0 unspecified atom stereocenters. The predicted molar refractivity (Wildman–Crippen MR) is 67.4 cm³/mol. The van der Waals surface area contributed by atoms with Crippen LogP contribution in [-0.2, 0) is 4.74 Å². The van der Waals surface area contributed by atoms with E-state index in [9.17, 15) is 0 Å². The predicted octanol–water partition coefficient (Wildman–Crippen LogP) is 1.06. The number of nitrogens with two attached hydrogens (primary N) is 1. The summed E-state index contributed by atoms with van der Waals surface area (Å²) >= 11 is 0. The molecule has 1 heterocycles. The van der Waals surface area contributed by atoms with Crippen LogP contribution in [0, 0.1) is 5.92 Å². The van der Waals surface area contributed by atoms with E-state index in [4.69, 9.17) is 10.5 Å². The number of nitrogens with one attached hydrogen (secondary N) is 1. The van der Waals surface area contributed by atoms with E-state index in [1.165, 1.54) is 0 Å². The Hall–Kier alpha value is -1.29. The van der Waals surface area contributed by atoms with Crippen molar-refractivity contribution in [3.8, 4) is 0 Å². The molecule has 0 bridgehead atoms. The van der Waals surface area contributed by atoms with E-state index in [0.29, 0.717) is 18.4 Å². The number of hydrogen-bond acceptors (Lipinski definition) is 2. The highest BCUT2D eigenvalue weighted by Gasteiger charge is 2.25. The highest BCUT2D eigenvalue weighted by molar-refractivity contribution is 5.77. The van der Waals surface area contributed by atoms with Gasteiger partial charge in [0.25, 0.3) is 0 Å². The Morgan fingerprint density at radius 3 is 3.06 bits per heavy atom. The van der Waals surface area contributed by atoms with Crippen molar-refractivity contribution in [2.24, 2.45) is 16.6 Å². The second kappa shape index (κ2) is 6.33. The van der Waals surface area contributed by atoms with E-state index < -0.39 is 0 Å². The van der Waals surface area contributed by atoms with Crippen LogP contribution < -0.4 is 11.1 Å². The maximum absolute atomic E-state index is 5.72. The summed E-state index contributed by atoms with van der Waals surface area (Å²) in [5, 5.41) is 3.10. The number of hydrogen-bond donors (Lipinski definition) is 2. The Bertz CT molecular complexity index is 286. The molecule has 1 rings (SSSR count). The van der Waals surface area contributed by atoms with Crippen molar-refractivity contribution in [3.05, 3.63) is 24.8 Å². The summed E-state index contributed by atoms with van der Waals surface area (Å²) in [7, 11) is 0. The fourth-order valence-corrected chi connectivity index (χ4v) is 1.65. The monoisotopic (exact) mass is 223 g/mol. The van der Waals surface area contributed by atoms with E-state index in [1.54, 1.807) is 0 Å². The molecular formula is C12H21N3O. The maximum Gasteiger partial charge on any atom is 0.188 e. The van der Waals surface area contributed by atoms with E-state index in [2.05, 4.69) is 23.5 Å². The summed E-state index contributed by atoms with van der Waals surface area (Å²) in [5.74, 6) is 0.911. The highest BCUT2D eigenvalue weighted by atomic mass is 16.5. The molecule has 0 aromatic carbocycles. The smallest absolute Gasteiger partial charge is 0.188 e. The molecule has 1 aliphatic heterocycles. The molecule has 3 N–H and O–H groups in total. The summed E-state index contributed by atoms with van der Waals surface area (Å²) in [5.41, 5.74) is 6.72. The second-order valence-electron chi connectivity index (χ2n) is 4.16. The van der Waals surface area contributed by atoms with Gasteiger partial charge in [0.2, 0.25) is 0 Å². The molecule has 4 heteroatoms. The van der Waals surface area contributed by atoms with Gasteiger partial charge in [-0.15, -0.1) is 6.58 Å². The van der Waals surface area contributed by atoms with Crippen molar-refractivity contribution in [2.45, 2.75) is 19.4 Å². The van der Waals surface area contributed by atoms with Gasteiger partial charge in [-0.2, -0.15) is 0 Å². The summed E-state index contributed by atoms with van der Waals surface area (Å²) in [6.45, 7) is 11.6. The Morgan fingerprint density at radius 1 is 1.69 bits per heavy atom. The zero-order valence-electron chi connectivity index (χ0n) is 9.91. The summed E-state index contributed by atoms with van der Waals surface area (Å²) in [6, 6.07) is 0. The average molecular weight is 223 g/mol. The molecule has 4 nitrogen and oxygen atoms in total. The Kier molecular flexibility index (Phi) is 5.05. The van der Waals surface area contributed by atoms with Gasteiger partial charge in [-0.25, -0.2) is 4.99 Å². The molecule has 0 aromatic heterocycles. The van der Waals surface area contributed by atoms with Crippen LogP contribution >= 0.6 is 0 Å². The lowest BCUT2D eigenvalue weighted by Gasteiger charge is -2.15. The first kappa shape index (κ1) is 12.8. The molecule has 0 aromatic rings. The number of nitrogens with zero attached hydrogens (tertiary/aromatic N) is 1. The Balaban J connectivity index is 2.30. The van der Waals surface area contributed by atoms with Gasteiger partial charge in [0.1, 0.15) is 0 Å². The molecule has 1 aliphatic rings. The number of rotatable bonds is 5. The van der Waals surface area contributed by atoms with E-state index in [0.717, 1.165) is 25.1 Å². The van der Waals surface area contributed by atoms with Gasteiger partial charge in [-0.3, -0.25) is 0 Å². The van der Waals surface area contributed by atoms with Gasteiger partial charge < -0.3 is 15.8 Å². The standard InChI is InChI=1S/C12H21N3O/c1-4-11-10(5-6-16-11)8-15-12(13)14-7-9(2)3/h4,10-11H,1-2,5-8H2,3H3,(H3,13,14,15)/t10-,11-/m0/s1. The minimum Gasteiger partial charge on any atom is -0.374 e. The van der Waals surface area contributed by atoms with Crippen molar-refractivity contribution in [1.82, 2.24) is 5.32 Å². The molecule has 0 amide bonds. The first-order valence-corrected chi connectivity index (χ1v) is 5.55. The largest absolute Gasteiger partial charge is 0.374 e. The Morgan fingerprint density at radius 2 is 2.44 bits per heavy atom. The van der Waals surface area contributed by atoms with E-state index in [-0.39, 0.29) is 6.10 Å². The van der Waals surface area contributed by atoms with Crippen LogP contribution in [0.5, 0.6) is 0 Å². The van der Waals surface area contributed by atoms with Crippen molar-refractivity contribution in [3.63, 3.8) is 0 Å². The van der Waals surface area contributed by atoms with Gasteiger partial charge in [0.15, 0.2) is 5.96 Å². The molecule has 16 heavy (non-hydrogen) atoms. The number of aliphatic imine (C=N–C) groups is 1. The SMILES string of the molecule is C=C[C@@H]1OCC[C@H]1CNC(N)=NCC(=C)C. The molecule has 0 saturated carbocycles. The highest BCUT2D eigenvalue weighted by Crippen LogP contribution is 2.20. The summed E-state index contributed by atoms with van der Waals surface area (Å²) < 4.78 is 5.49. The molecule has 0 spiro atoms. The Labute approximate surface area is 97.3 Å². The van der Waals surface area contributed by atoms with Gasteiger partial charge in [0, 0.05) is 19.1 Å². The third kappa shape index (κ3) is 4.06. The number of ether oxygens (including phenoxy) is 1. The van der Waals surface area contributed by atoms with Gasteiger partial charge in [-0.1, -0.05) is 18.2 Å². The lowest BCUT2D eigenvalue weighted by Crippen LogP contribution is -2.37. The average Bonchev–Trinajstić information content (AvgIpc) is 2.70. The zero-order chi connectivity index (χ0) is 12.0. The third-order valence-electron chi connectivity index (χ3n) is 2.56. The van der Waals surface area contributed by atoms with Gasteiger partial charge in [-0.05, 0) is 13.3 Å². The summed E-state index contributed by atoms with van der Waals surface area (Å²) in [4.78, 5) is 4.15. The molecule has 0 radical (unpaired) electrons. The third-order valence-corrected chi connectivity index (χ3v) is 2.56. The minimum atomic E-state index is 0.140. The first-order chi connectivity index (χ1) is 7.63. The maximum atomic E-state index is 5.72. The van der Waals surface area contributed by atoms with Crippen LogP contribution in [0.4, 0.5) is 0 Å².